The normalized spacial score (nSPS) is 15.3. The molecule has 0 aromatic heterocycles. The van der Waals surface area contributed by atoms with Crippen molar-refractivity contribution in [2.45, 2.75) is 13.0 Å². The number of rotatable bonds is 7. The first-order valence-corrected chi connectivity index (χ1v) is 9.18. The lowest BCUT2D eigenvalue weighted by Crippen LogP contribution is -2.43. The number of carbonyl (C=O) groups is 1. The van der Waals surface area contributed by atoms with E-state index in [0.29, 0.717) is 36.9 Å². The molecule has 28 heavy (non-hydrogen) atoms. The van der Waals surface area contributed by atoms with Crippen LogP contribution < -0.4 is 14.8 Å². The fourth-order valence-electron chi connectivity index (χ4n) is 2.86. The lowest BCUT2D eigenvalue weighted by molar-refractivity contribution is -0.384. The van der Waals surface area contributed by atoms with Gasteiger partial charge in [-0.2, -0.15) is 0 Å². The van der Waals surface area contributed by atoms with Crippen LogP contribution in [0.25, 0.3) is 0 Å². The molecule has 1 aliphatic heterocycles. The smallest absolute Gasteiger partial charge is 0.271 e. The number of benzene rings is 2. The molecule has 0 saturated carbocycles. The Bertz CT molecular complexity index is 876. The van der Waals surface area contributed by atoms with E-state index in [1.54, 1.807) is 0 Å². The summed E-state index contributed by atoms with van der Waals surface area (Å²) < 4.78 is 11.6. The number of halogens is 1. The van der Waals surface area contributed by atoms with E-state index in [4.69, 9.17) is 21.1 Å². The summed E-state index contributed by atoms with van der Waals surface area (Å²) in [6.45, 7) is 3.65. The van der Waals surface area contributed by atoms with Gasteiger partial charge in [-0.05, 0) is 24.7 Å². The number of nitrogens with zero attached hydrogens (tertiary/aromatic N) is 2. The van der Waals surface area contributed by atoms with E-state index in [-0.39, 0.29) is 29.3 Å². The number of nitro groups is 1. The SMILES string of the molecule is CCN(CC(=O)Nc1ccc([N+](=O)[O-])cc1Cl)C[C@@H]1COc2ccccc2O1. The van der Waals surface area contributed by atoms with Gasteiger partial charge in [0.25, 0.3) is 5.69 Å². The quantitative estimate of drug-likeness (QED) is 0.560. The van der Waals surface area contributed by atoms with Crippen molar-refractivity contribution in [1.29, 1.82) is 0 Å². The monoisotopic (exact) mass is 405 g/mol. The number of carbonyl (C=O) groups excluding carboxylic acids is 1. The predicted octanol–water partition coefficient (Wildman–Crippen LogP) is 3.35. The molecule has 2 aromatic carbocycles. The molecule has 0 radical (unpaired) electrons. The van der Waals surface area contributed by atoms with Crippen LogP contribution in [0, 0.1) is 10.1 Å². The van der Waals surface area contributed by atoms with Gasteiger partial charge in [0.1, 0.15) is 12.7 Å². The Labute approximate surface area is 167 Å². The zero-order chi connectivity index (χ0) is 20.1. The Hall–Kier alpha value is -2.84. The highest BCUT2D eigenvalue weighted by Gasteiger charge is 2.23. The number of nitrogens with one attached hydrogen (secondary N) is 1. The van der Waals surface area contributed by atoms with Crippen LogP contribution in [-0.4, -0.2) is 48.1 Å². The summed E-state index contributed by atoms with van der Waals surface area (Å²) in [5.41, 5.74) is 0.201. The highest BCUT2D eigenvalue weighted by atomic mass is 35.5. The van der Waals surface area contributed by atoms with E-state index >= 15 is 0 Å². The van der Waals surface area contributed by atoms with Gasteiger partial charge in [0.05, 0.1) is 22.2 Å². The molecule has 148 valence electrons. The topological polar surface area (TPSA) is 93.9 Å². The molecule has 2 aromatic rings. The molecule has 1 heterocycles. The number of hydrogen-bond donors (Lipinski definition) is 1. The Kier molecular flexibility index (Phi) is 6.33. The fourth-order valence-corrected chi connectivity index (χ4v) is 3.08. The number of nitro benzene ring substituents is 1. The third kappa shape index (κ3) is 4.90. The van der Waals surface area contributed by atoms with E-state index in [2.05, 4.69) is 5.32 Å². The molecule has 3 rings (SSSR count). The number of amides is 1. The zero-order valence-corrected chi connectivity index (χ0v) is 16.0. The average molecular weight is 406 g/mol. The zero-order valence-electron chi connectivity index (χ0n) is 15.3. The Morgan fingerprint density at radius 1 is 1.32 bits per heavy atom. The molecule has 1 amide bonds. The van der Waals surface area contributed by atoms with Crippen LogP contribution in [0.4, 0.5) is 11.4 Å². The highest BCUT2D eigenvalue weighted by Crippen LogP contribution is 2.31. The van der Waals surface area contributed by atoms with Crippen LogP contribution in [-0.2, 0) is 4.79 Å². The largest absolute Gasteiger partial charge is 0.486 e. The number of hydrogen-bond acceptors (Lipinski definition) is 6. The predicted molar refractivity (Wildman–Crippen MR) is 105 cm³/mol. The molecule has 9 heteroatoms. The van der Waals surface area contributed by atoms with Crippen molar-refractivity contribution in [1.82, 2.24) is 4.90 Å². The Balaban J connectivity index is 1.56. The maximum Gasteiger partial charge on any atom is 0.271 e. The minimum atomic E-state index is -0.541. The lowest BCUT2D eigenvalue weighted by atomic mass is 10.2. The average Bonchev–Trinajstić information content (AvgIpc) is 2.68. The first-order valence-electron chi connectivity index (χ1n) is 8.81. The molecule has 0 spiro atoms. The van der Waals surface area contributed by atoms with E-state index in [9.17, 15) is 14.9 Å². The molecular formula is C19H20ClN3O5. The second-order valence-corrected chi connectivity index (χ2v) is 6.70. The first-order chi connectivity index (χ1) is 13.5. The third-order valence-corrected chi connectivity index (χ3v) is 4.59. The third-order valence-electron chi connectivity index (χ3n) is 4.28. The van der Waals surface area contributed by atoms with Crippen LogP contribution in [0.3, 0.4) is 0 Å². The number of non-ortho nitro benzene ring substituents is 1. The lowest BCUT2D eigenvalue weighted by Gasteiger charge is -2.30. The molecule has 0 fully saturated rings. The molecule has 1 N–H and O–H groups in total. The van der Waals surface area contributed by atoms with Crippen LogP contribution in [0.5, 0.6) is 11.5 Å². The van der Waals surface area contributed by atoms with Crippen LogP contribution in [0.15, 0.2) is 42.5 Å². The maximum absolute atomic E-state index is 12.4. The van der Waals surface area contributed by atoms with Gasteiger partial charge in [0.2, 0.25) is 5.91 Å². The Morgan fingerprint density at radius 3 is 2.75 bits per heavy atom. The summed E-state index contributed by atoms with van der Waals surface area (Å²) in [6, 6.07) is 11.4. The van der Waals surface area contributed by atoms with Crippen molar-refractivity contribution in [2.75, 3.05) is 31.6 Å². The van der Waals surface area contributed by atoms with Crippen LogP contribution in [0.1, 0.15) is 6.92 Å². The van der Waals surface area contributed by atoms with Gasteiger partial charge < -0.3 is 14.8 Å². The van der Waals surface area contributed by atoms with Crippen molar-refractivity contribution >= 4 is 28.9 Å². The van der Waals surface area contributed by atoms with Gasteiger partial charge in [-0.25, -0.2) is 0 Å². The van der Waals surface area contributed by atoms with Gasteiger partial charge in [0.15, 0.2) is 11.5 Å². The molecular weight excluding hydrogens is 386 g/mol. The number of anilines is 1. The summed E-state index contributed by atoms with van der Waals surface area (Å²) in [7, 11) is 0. The van der Waals surface area contributed by atoms with Gasteiger partial charge in [-0.3, -0.25) is 19.8 Å². The molecule has 0 saturated heterocycles. The molecule has 8 nitrogen and oxygen atoms in total. The second-order valence-electron chi connectivity index (χ2n) is 6.29. The summed E-state index contributed by atoms with van der Waals surface area (Å²) in [4.78, 5) is 24.5. The van der Waals surface area contributed by atoms with E-state index in [1.807, 2.05) is 36.1 Å². The summed E-state index contributed by atoms with van der Waals surface area (Å²) in [6.07, 6.45) is -0.189. The fraction of sp³-hybridized carbons (Fsp3) is 0.316. The summed E-state index contributed by atoms with van der Waals surface area (Å²) >= 11 is 6.02. The minimum absolute atomic E-state index is 0.117. The van der Waals surface area contributed by atoms with Crippen LogP contribution in [0.2, 0.25) is 5.02 Å². The second kappa shape index (κ2) is 8.90. The summed E-state index contributed by atoms with van der Waals surface area (Å²) in [5.74, 6) is 1.14. The van der Waals surface area contributed by atoms with E-state index in [1.165, 1.54) is 18.2 Å². The molecule has 1 aliphatic rings. The Morgan fingerprint density at radius 2 is 2.07 bits per heavy atom. The van der Waals surface area contributed by atoms with Crippen molar-refractivity contribution in [3.63, 3.8) is 0 Å². The summed E-state index contributed by atoms with van der Waals surface area (Å²) in [5, 5.41) is 13.6. The van der Waals surface area contributed by atoms with Crippen LogP contribution >= 0.6 is 11.6 Å². The number of fused-ring (bicyclic) bond motifs is 1. The van der Waals surface area contributed by atoms with E-state index < -0.39 is 4.92 Å². The highest BCUT2D eigenvalue weighted by molar-refractivity contribution is 6.34. The molecule has 0 unspecified atom stereocenters. The standard InChI is InChI=1S/C19H20ClN3O5/c1-2-22(10-14-12-27-17-5-3-4-6-18(17)28-14)11-19(24)21-16-8-7-13(23(25)26)9-15(16)20/h3-9,14H,2,10-12H2,1H3,(H,21,24)/t14-/m1/s1. The number of para-hydroxylation sites is 2. The maximum atomic E-state index is 12.4. The van der Waals surface area contributed by atoms with Gasteiger partial charge in [0, 0.05) is 18.7 Å². The molecule has 1 atom stereocenters. The van der Waals surface area contributed by atoms with Gasteiger partial charge >= 0.3 is 0 Å². The van der Waals surface area contributed by atoms with Crippen molar-refractivity contribution in [3.05, 3.63) is 57.6 Å². The van der Waals surface area contributed by atoms with Gasteiger partial charge in [-0.1, -0.05) is 30.7 Å². The minimum Gasteiger partial charge on any atom is -0.486 e. The van der Waals surface area contributed by atoms with Gasteiger partial charge in [-0.15, -0.1) is 0 Å². The number of ether oxygens (including phenoxy) is 2. The number of likely N-dealkylation sites (N-methyl/N-ethyl adjacent to an activating group) is 1. The molecule has 0 bridgehead atoms. The van der Waals surface area contributed by atoms with Crippen molar-refractivity contribution < 1.29 is 19.2 Å². The van der Waals surface area contributed by atoms with Crippen molar-refractivity contribution in [3.8, 4) is 11.5 Å². The molecule has 0 aliphatic carbocycles. The van der Waals surface area contributed by atoms with E-state index in [0.717, 1.165) is 0 Å². The first kappa shape index (κ1) is 19.9. The van der Waals surface area contributed by atoms with Crippen molar-refractivity contribution in [2.24, 2.45) is 0 Å².